The van der Waals surface area contributed by atoms with Gasteiger partial charge in [-0.05, 0) is 42.5 Å². The highest BCUT2D eigenvalue weighted by Gasteiger charge is 2.27. The third-order valence-corrected chi connectivity index (χ3v) is 4.09. The van der Waals surface area contributed by atoms with Crippen LogP contribution in [0.3, 0.4) is 0 Å². The Hall–Kier alpha value is -1.60. The van der Waals surface area contributed by atoms with Crippen LogP contribution in [0.2, 0.25) is 0 Å². The van der Waals surface area contributed by atoms with Crippen LogP contribution in [0.4, 0.5) is 0 Å². The number of nitrogens with two attached hydrogens (primary N) is 1. The molecule has 0 bridgehead atoms. The maximum Gasteiger partial charge on any atom is 0.00903 e. The van der Waals surface area contributed by atoms with Crippen LogP contribution in [0.25, 0.3) is 0 Å². The molecule has 2 N–H and O–H groups in total. The SMILES string of the molecule is Cc1ccccc1CC(C)(CN)c1ccccc1C. The van der Waals surface area contributed by atoms with Gasteiger partial charge >= 0.3 is 0 Å². The molecule has 0 aromatic heterocycles. The Labute approximate surface area is 116 Å². The summed E-state index contributed by atoms with van der Waals surface area (Å²) in [5.41, 5.74) is 11.5. The first-order valence-electron chi connectivity index (χ1n) is 6.87. The molecule has 19 heavy (non-hydrogen) atoms. The van der Waals surface area contributed by atoms with Gasteiger partial charge in [-0.1, -0.05) is 55.5 Å². The average Bonchev–Trinajstić information content (AvgIpc) is 2.42. The van der Waals surface area contributed by atoms with Gasteiger partial charge in [0, 0.05) is 12.0 Å². The topological polar surface area (TPSA) is 26.0 Å². The quantitative estimate of drug-likeness (QED) is 0.882. The lowest BCUT2D eigenvalue weighted by Crippen LogP contribution is -2.35. The van der Waals surface area contributed by atoms with E-state index in [0.29, 0.717) is 6.54 Å². The molecule has 2 rings (SSSR count). The maximum absolute atomic E-state index is 6.11. The van der Waals surface area contributed by atoms with Gasteiger partial charge in [-0.2, -0.15) is 0 Å². The summed E-state index contributed by atoms with van der Waals surface area (Å²) >= 11 is 0. The molecule has 0 saturated carbocycles. The van der Waals surface area contributed by atoms with Crippen LogP contribution in [0.5, 0.6) is 0 Å². The third kappa shape index (κ3) is 2.87. The lowest BCUT2D eigenvalue weighted by atomic mass is 9.75. The lowest BCUT2D eigenvalue weighted by molar-refractivity contribution is 0.477. The summed E-state index contributed by atoms with van der Waals surface area (Å²) in [5, 5.41) is 0. The van der Waals surface area contributed by atoms with E-state index in [1.165, 1.54) is 22.3 Å². The van der Waals surface area contributed by atoms with E-state index >= 15 is 0 Å². The molecule has 0 radical (unpaired) electrons. The van der Waals surface area contributed by atoms with E-state index in [1.54, 1.807) is 0 Å². The van der Waals surface area contributed by atoms with Crippen molar-refractivity contribution in [2.75, 3.05) is 6.54 Å². The van der Waals surface area contributed by atoms with Gasteiger partial charge in [0.25, 0.3) is 0 Å². The highest BCUT2D eigenvalue weighted by atomic mass is 14.6. The minimum absolute atomic E-state index is 0.00252. The fraction of sp³-hybridized carbons (Fsp3) is 0.333. The van der Waals surface area contributed by atoms with Crippen LogP contribution in [-0.2, 0) is 11.8 Å². The Balaban J connectivity index is 2.39. The normalized spacial score (nSPS) is 14.1. The molecule has 0 amide bonds. The van der Waals surface area contributed by atoms with Crippen molar-refractivity contribution in [3.63, 3.8) is 0 Å². The molecular formula is C18H23N. The first-order chi connectivity index (χ1) is 9.07. The van der Waals surface area contributed by atoms with E-state index in [1.807, 2.05) is 0 Å². The summed E-state index contributed by atoms with van der Waals surface area (Å²) in [4.78, 5) is 0. The number of rotatable bonds is 4. The summed E-state index contributed by atoms with van der Waals surface area (Å²) in [5.74, 6) is 0. The Bertz CT molecular complexity index is 559. The van der Waals surface area contributed by atoms with Crippen molar-refractivity contribution >= 4 is 0 Å². The monoisotopic (exact) mass is 253 g/mol. The number of hydrogen-bond acceptors (Lipinski definition) is 1. The Morgan fingerprint density at radius 2 is 1.47 bits per heavy atom. The standard InChI is InChI=1S/C18H23N/c1-14-8-4-6-10-16(14)12-18(3,13-19)17-11-7-5-9-15(17)2/h4-11H,12-13,19H2,1-3H3. The van der Waals surface area contributed by atoms with Gasteiger partial charge in [0.1, 0.15) is 0 Å². The third-order valence-electron chi connectivity index (χ3n) is 4.09. The maximum atomic E-state index is 6.11. The van der Waals surface area contributed by atoms with E-state index < -0.39 is 0 Å². The summed E-state index contributed by atoms with van der Waals surface area (Å²) < 4.78 is 0. The van der Waals surface area contributed by atoms with E-state index in [0.717, 1.165) is 6.42 Å². The van der Waals surface area contributed by atoms with E-state index in [-0.39, 0.29) is 5.41 Å². The van der Waals surface area contributed by atoms with E-state index in [2.05, 4.69) is 69.3 Å². The zero-order valence-corrected chi connectivity index (χ0v) is 12.1. The zero-order chi connectivity index (χ0) is 13.9. The smallest absolute Gasteiger partial charge is 0.00903 e. The van der Waals surface area contributed by atoms with Gasteiger partial charge in [-0.3, -0.25) is 0 Å². The minimum Gasteiger partial charge on any atom is -0.330 e. The second-order valence-corrected chi connectivity index (χ2v) is 5.68. The minimum atomic E-state index is -0.00252. The molecule has 0 fully saturated rings. The van der Waals surface area contributed by atoms with Crippen molar-refractivity contribution in [3.05, 3.63) is 70.8 Å². The van der Waals surface area contributed by atoms with Crippen molar-refractivity contribution in [1.29, 1.82) is 0 Å². The van der Waals surface area contributed by atoms with Crippen LogP contribution in [0, 0.1) is 13.8 Å². The number of hydrogen-bond donors (Lipinski definition) is 1. The van der Waals surface area contributed by atoms with E-state index in [4.69, 9.17) is 5.73 Å². The molecule has 0 saturated heterocycles. The average molecular weight is 253 g/mol. The Kier molecular flexibility index (Phi) is 4.06. The van der Waals surface area contributed by atoms with Crippen molar-refractivity contribution < 1.29 is 0 Å². The molecule has 0 spiro atoms. The molecule has 2 aromatic carbocycles. The van der Waals surface area contributed by atoms with Gasteiger partial charge in [0.2, 0.25) is 0 Å². The van der Waals surface area contributed by atoms with Crippen LogP contribution in [0.15, 0.2) is 48.5 Å². The second kappa shape index (κ2) is 5.58. The molecular weight excluding hydrogens is 230 g/mol. The van der Waals surface area contributed by atoms with Crippen molar-refractivity contribution in [1.82, 2.24) is 0 Å². The molecule has 1 heteroatoms. The summed E-state index contributed by atoms with van der Waals surface area (Å²) in [7, 11) is 0. The van der Waals surface area contributed by atoms with Crippen LogP contribution in [-0.4, -0.2) is 6.54 Å². The fourth-order valence-corrected chi connectivity index (χ4v) is 2.76. The molecule has 0 heterocycles. The zero-order valence-electron chi connectivity index (χ0n) is 12.1. The first kappa shape index (κ1) is 13.8. The largest absolute Gasteiger partial charge is 0.330 e. The van der Waals surface area contributed by atoms with Crippen LogP contribution < -0.4 is 5.73 Å². The van der Waals surface area contributed by atoms with Gasteiger partial charge in [0.05, 0.1) is 0 Å². The lowest BCUT2D eigenvalue weighted by Gasteiger charge is -2.31. The van der Waals surface area contributed by atoms with Gasteiger partial charge in [-0.15, -0.1) is 0 Å². The van der Waals surface area contributed by atoms with Crippen molar-refractivity contribution in [2.45, 2.75) is 32.6 Å². The molecule has 1 atom stereocenters. The highest BCUT2D eigenvalue weighted by Crippen LogP contribution is 2.30. The summed E-state index contributed by atoms with van der Waals surface area (Å²) in [6.07, 6.45) is 0.987. The van der Waals surface area contributed by atoms with Gasteiger partial charge in [0.15, 0.2) is 0 Å². The molecule has 2 aromatic rings. The van der Waals surface area contributed by atoms with Gasteiger partial charge in [-0.25, -0.2) is 0 Å². The number of aryl methyl sites for hydroxylation is 2. The predicted molar refractivity (Wildman–Crippen MR) is 82.5 cm³/mol. The summed E-state index contributed by atoms with van der Waals surface area (Å²) in [6.45, 7) is 7.26. The Morgan fingerprint density at radius 1 is 0.895 bits per heavy atom. The van der Waals surface area contributed by atoms with Crippen molar-refractivity contribution in [3.8, 4) is 0 Å². The highest BCUT2D eigenvalue weighted by molar-refractivity contribution is 5.37. The molecule has 0 aliphatic rings. The molecule has 0 aliphatic carbocycles. The van der Waals surface area contributed by atoms with Gasteiger partial charge < -0.3 is 5.73 Å². The molecule has 1 unspecified atom stereocenters. The molecule has 100 valence electrons. The van der Waals surface area contributed by atoms with Crippen LogP contribution in [0.1, 0.15) is 29.2 Å². The Morgan fingerprint density at radius 3 is 2.05 bits per heavy atom. The molecule has 0 aliphatic heterocycles. The van der Waals surface area contributed by atoms with Crippen molar-refractivity contribution in [2.24, 2.45) is 5.73 Å². The fourth-order valence-electron chi connectivity index (χ4n) is 2.76. The molecule has 1 nitrogen and oxygen atoms in total. The first-order valence-corrected chi connectivity index (χ1v) is 6.87. The van der Waals surface area contributed by atoms with E-state index in [9.17, 15) is 0 Å². The predicted octanol–water partition coefficient (Wildman–Crippen LogP) is 3.76. The number of benzene rings is 2. The second-order valence-electron chi connectivity index (χ2n) is 5.68. The van der Waals surface area contributed by atoms with Crippen LogP contribution >= 0.6 is 0 Å². The summed E-state index contributed by atoms with van der Waals surface area (Å²) in [6, 6.07) is 17.1.